The maximum absolute atomic E-state index is 13.0. The molecule has 2 amide bonds. The summed E-state index contributed by atoms with van der Waals surface area (Å²) in [5.41, 5.74) is 1.17. The van der Waals surface area contributed by atoms with Crippen LogP contribution in [0.25, 0.3) is 0 Å². The first-order valence-electron chi connectivity index (χ1n) is 9.27. The Morgan fingerprint density at radius 2 is 1.68 bits per heavy atom. The highest BCUT2D eigenvalue weighted by Crippen LogP contribution is 2.22. The van der Waals surface area contributed by atoms with Crippen molar-refractivity contribution in [2.45, 2.75) is 17.9 Å². The number of nitrogens with zero attached hydrogens (tertiary/aromatic N) is 2. The number of anilines is 1. The van der Waals surface area contributed by atoms with Gasteiger partial charge in [-0.2, -0.15) is 0 Å². The number of halogens is 1. The number of thioether (sulfide) groups is 1. The van der Waals surface area contributed by atoms with Gasteiger partial charge in [0.2, 0.25) is 11.8 Å². The monoisotopic (exact) mass is 417 g/mol. The van der Waals surface area contributed by atoms with Crippen LogP contribution in [0.5, 0.6) is 0 Å². The third-order valence-electron chi connectivity index (χ3n) is 4.62. The van der Waals surface area contributed by atoms with Crippen LogP contribution in [-0.2, 0) is 9.59 Å². The van der Waals surface area contributed by atoms with Crippen molar-refractivity contribution in [3.8, 4) is 0 Å². The van der Waals surface area contributed by atoms with Gasteiger partial charge < -0.3 is 15.1 Å². The van der Waals surface area contributed by atoms with E-state index in [0.717, 1.165) is 18.0 Å². The lowest BCUT2D eigenvalue weighted by Crippen LogP contribution is -2.55. The van der Waals surface area contributed by atoms with E-state index in [1.165, 1.54) is 24.4 Å². The predicted molar refractivity (Wildman–Crippen MR) is 115 cm³/mol. The number of hydrogen-bond acceptors (Lipinski definition) is 4. The Kier molecular flexibility index (Phi) is 7.23. The van der Waals surface area contributed by atoms with Crippen LogP contribution in [0.4, 0.5) is 5.69 Å². The van der Waals surface area contributed by atoms with Gasteiger partial charge in [-0.25, -0.2) is 0 Å². The molecule has 1 fully saturated rings. The number of carbonyl (C=O) groups excluding carboxylic acids is 2. The van der Waals surface area contributed by atoms with Gasteiger partial charge in [0.1, 0.15) is 6.04 Å². The van der Waals surface area contributed by atoms with Crippen LogP contribution in [-0.4, -0.2) is 54.7 Å². The minimum Gasteiger partial charge on any atom is -0.368 e. The highest BCUT2D eigenvalue weighted by molar-refractivity contribution is 7.99. The van der Waals surface area contributed by atoms with Crippen LogP contribution >= 0.6 is 23.4 Å². The molecule has 1 aliphatic rings. The number of hydrogen-bond donors (Lipinski definition) is 1. The molecule has 28 heavy (non-hydrogen) atoms. The van der Waals surface area contributed by atoms with E-state index in [1.807, 2.05) is 47.4 Å². The van der Waals surface area contributed by atoms with Crippen LogP contribution in [0.3, 0.4) is 0 Å². The second-order valence-electron chi connectivity index (χ2n) is 6.67. The molecule has 1 atom stereocenters. The average Bonchev–Trinajstić information content (AvgIpc) is 2.72. The summed E-state index contributed by atoms with van der Waals surface area (Å²) in [7, 11) is 0. The van der Waals surface area contributed by atoms with Crippen molar-refractivity contribution in [3.63, 3.8) is 0 Å². The topological polar surface area (TPSA) is 52.7 Å². The number of nitrogens with one attached hydrogen (secondary N) is 1. The summed E-state index contributed by atoms with van der Waals surface area (Å²) in [6, 6.07) is 17.1. The van der Waals surface area contributed by atoms with Gasteiger partial charge in [-0.1, -0.05) is 29.8 Å². The number of carbonyl (C=O) groups is 2. The zero-order valence-corrected chi connectivity index (χ0v) is 17.4. The maximum Gasteiger partial charge on any atom is 0.246 e. The number of piperazine rings is 1. The standard InChI is InChI=1S/C21H24ClN3O2S/c1-16(26)23-20(15-28-19-9-7-17(22)8-10-19)21(27)25-13-11-24(12-14-25)18-5-3-2-4-6-18/h2-10,20H,11-15H2,1H3,(H,23,26). The highest BCUT2D eigenvalue weighted by atomic mass is 35.5. The van der Waals surface area contributed by atoms with Crippen LogP contribution in [0.1, 0.15) is 6.92 Å². The fourth-order valence-electron chi connectivity index (χ4n) is 3.17. The first-order valence-corrected chi connectivity index (χ1v) is 10.6. The van der Waals surface area contributed by atoms with E-state index in [2.05, 4.69) is 22.3 Å². The maximum atomic E-state index is 13.0. The van der Waals surface area contributed by atoms with Crippen molar-refractivity contribution >= 4 is 40.9 Å². The molecule has 1 heterocycles. The second kappa shape index (κ2) is 9.85. The summed E-state index contributed by atoms with van der Waals surface area (Å²) in [5, 5.41) is 3.49. The largest absolute Gasteiger partial charge is 0.368 e. The van der Waals surface area contributed by atoms with Crippen molar-refractivity contribution < 1.29 is 9.59 Å². The quantitative estimate of drug-likeness (QED) is 0.733. The van der Waals surface area contributed by atoms with Crippen LogP contribution in [0.15, 0.2) is 59.5 Å². The molecular formula is C21H24ClN3O2S. The molecule has 7 heteroatoms. The Balaban J connectivity index is 1.58. The summed E-state index contributed by atoms with van der Waals surface area (Å²) < 4.78 is 0. The highest BCUT2D eigenvalue weighted by Gasteiger charge is 2.28. The number of benzene rings is 2. The van der Waals surface area contributed by atoms with E-state index in [0.29, 0.717) is 23.9 Å². The van der Waals surface area contributed by atoms with Gasteiger partial charge in [-0.15, -0.1) is 11.8 Å². The number of rotatable bonds is 6. The smallest absolute Gasteiger partial charge is 0.246 e. The van der Waals surface area contributed by atoms with E-state index in [4.69, 9.17) is 11.6 Å². The van der Waals surface area contributed by atoms with Crippen molar-refractivity contribution in [1.82, 2.24) is 10.2 Å². The summed E-state index contributed by atoms with van der Waals surface area (Å²) in [4.78, 5) is 29.8. The molecule has 0 bridgehead atoms. The molecule has 1 N–H and O–H groups in total. The molecule has 0 radical (unpaired) electrons. The van der Waals surface area contributed by atoms with E-state index in [9.17, 15) is 9.59 Å². The molecule has 0 aromatic heterocycles. The Hall–Kier alpha value is -2.18. The molecular weight excluding hydrogens is 394 g/mol. The van der Waals surface area contributed by atoms with Gasteiger partial charge in [-0.05, 0) is 36.4 Å². The van der Waals surface area contributed by atoms with Crippen molar-refractivity contribution in [2.75, 3.05) is 36.8 Å². The van der Waals surface area contributed by atoms with Gasteiger partial charge in [0.25, 0.3) is 0 Å². The average molecular weight is 418 g/mol. The summed E-state index contributed by atoms with van der Waals surface area (Å²) in [6.45, 7) is 4.31. The van der Waals surface area contributed by atoms with Crippen LogP contribution in [0.2, 0.25) is 5.02 Å². The molecule has 1 aliphatic heterocycles. The Morgan fingerprint density at radius 1 is 1.04 bits per heavy atom. The van der Waals surface area contributed by atoms with Gasteiger partial charge in [0, 0.05) is 54.5 Å². The minimum absolute atomic E-state index is 0.0237. The Morgan fingerprint density at radius 3 is 2.29 bits per heavy atom. The van der Waals surface area contributed by atoms with E-state index < -0.39 is 6.04 Å². The summed E-state index contributed by atoms with van der Waals surface area (Å²) in [5.74, 6) is 0.265. The molecule has 5 nitrogen and oxygen atoms in total. The van der Waals surface area contributed by atoms with Gasteiger partial charge in [0.15, 0.2) is 0 Å². The van der Waals surface area contributed by atoms with Crippen LogP contribution in [0, 0.1) is 0 Å². The summed E-state index contributed by atoms with van der Waals surface area (Å²) >= 11 is 7.46. The molecule has 148 valence electrons. The predicted octanol–water partition coefficient (Wildman–Crippen LogP) is 3.29. The minimum atomic E-state index is -0.540. The van der Waals surface area contributed by atoms with Crippen LogP contribution < -0.4 is 10.2 Å². The third-order valence-corrected chi connectivity index (χ3v) is 5.98. The molecule has 2 aromatic rings. The Bertz CT molecular complexity index is 793. The zero-order chi connectivity index (χ0) is 19.9. The molecule has 0 spiro atoms. The van der Waals surface area contributed by atoms with E-state index in [-0.39, 0.29) is 11.8 Å². The second-order valence-corrected chi connectivity index (χ2v) is 8.20. The van der Waals surface area contributed by atoms with Crippen molar-refractivity contribution in [3.05, 3.63) is 59.6 Å². The molecule has 2 aromatic carbocycles. The van der Waals surface area contributed by atoms with Gasteiger partial charge >= 0.3 is 0 Å². The lowest BCUT2D eigenvalue weighted by molar-refractivity contribution is -0.135. The summed E-state index contributed by atoms with van der Waals surface area (Å²) in [6.07, 6.45) is 0. The van der Waals surface area contributed by atoms with E-state index in [1.54, 1.807) is 0 Å². The van der Waals surface area contributed by atoms with Crippen molar-refractivity contribution in [1.29, 1.82) is 0 Å². The lowest BCUT2D eigenvalue weighted by Gasteiger charge is -2.37. The fraction of sp³-hybridized carbons (Fsp3) is 0.333. The molecule has 0 aliphatic carbocycles. The van der Waals surface area contributed by atoms with Gasteiger partial charge in [-0.3, -0.25) is 9.59 Å². The first kappa shape index (κ1) is 20.6. The van der Waals surface area contributed by atoms with Gasteiger partial charge in [0.05, 0.1) is 0 Å². The first-order chi connectivity index (χ1) is 13.5. The van der Waals surface area contributed by atoms with E-state index >= 15 is 0 Å². The lowest BCUT2D eigenvalue weighted by atomic mass is 10.2. The zero-order valence-electron chi connectivity index (χ0n) is 15.8. The molecule has 3 rings (SSSR count). The third kappa shape index (κ3) is 5.66. The van der Waals surface area contributed by atoms with Crippen molar-refractivity contribution in [2.24, 2.45) is 0 Å². The molecule has 1 unspecified atom stereocenters. The SMILES string of the molecule is CC(=O)NC(CSc1ccc(Cl)cc1)C(=O)N1CCN(c2ccccc2)CC1. The normalized spacial score (nSPS) is 15.2. The Labute approximate surface area is 175 Å². The number of amides is 2. The molecule has 0 saturated carbocycles. The molecule has 1 saturated heterocycles. The fourth-order valence-corrected chi connectivity index (χ4v) is 4.21. The number of para-hydroxylation sites is 1.